The van der Waals surface area contributed by atoms with E-state index in [0.717, 1.165) is 18.2 Å². The van der Waals surface area contributed by atoms with Gasteiger partial charge in [-0.05, 0) is 62.9 Å². The summed E-state index contributed by atoms with van der Waals surface area (Å²) in [7, 11) is -3.54. The van der Waals surface area contributed by atoms with Crippen LogP contribution in [-0.2, 0) is 26.2 Å². The Labute approximate surface area is 214 Å². The predicted octanol–water partition coefficient (Wildman–Crippen LogP) is 4.40. The highest BCUT2D eigenvalue weighted by atomic mass is 32.2. The average Bonchev–Trinajstić information content (AvgIpc) is 2.82. The van der Waals surface area contributed by atoms with Crippen molar-refractivity contribution in [2.75, 3.05) is 17.1 Å². The molecule has 0 saturated heterocycles. The summed E-state index contributed by atoms with van der Waals surface area (Å²) >= 11 is 0. The summed E-state index contributed by atoms with van der Waals surface area (Å²) in [5, 5.41) is 2.95. The standard InChI is InChI=1S/C27H38FN3O4S/c1-6-21(4)29-27(33)25(7-2)30(19-22-12-14-23(28)15-13-22)26(32)9-8-18-31(36(5,34)35)24-16-10-20(3)11-17-24/h10-17,21,25H,6-9,18-19H2,1-5H3,(H,29,33)/t21-,25-/m1/s1. The van der Waals surface area contributed by atoms with E-state index in [1.165, 1.54) is 21.3 Å². The Hall–Kier alpha value is -2.94. The first kappa shape index (κ1) is 29.3. The lowest BCUT2D eigenvalue weighted by atomic mass is 10.1. The highest BCUT2D eigenvalue weighted by Gasteiger charge is 2.29. The van der Waals surface area contributed by atoms with Crippen molar-refractivity contribution in [1.29, 1.82) is 0 Å². The lowest BCUT2D eigenvalue weighted by molar-refractivity contribution is -0.141. The van der Waals surface area contributed by atoms with Gasteiger partial charge in [-0.1, -0.05) is 43.7 Å². The molecule has 2 amide bonds. The molecule has 9 heteroatoms. The Bertz CT molecular complexity index is 1100. The molecule has 1 N–H and O–H groups in total. The molecule has 0 fully saturated rings. The third-order valence-corrected chi connectivity index (χ3v) is 7.32. The third kappa shape index (κ3) is 8.62. The normalized spacial score (nSPS) is 13.1. The van der Waals surface area contributed by atoms with Crippen molar-refractivity contribution in [3.8, 4) is 0 Å². The summed E-state index contributed by atoms with van der Waals surface area (Å²) < 4.78 is 39.5. The quantitative estimate of drug-likeness (QED) is 0.425. The molecule has 0 saturated carbocycles. The van der Waals surface area contributed by atoms with Crippen LogP contribution in [0.3, 0.4) is 0 Å². The van der Waals surface area contributed by atoms with Gasteiger partial charge in [-0.2, -0.15) is 0 Å². The number of carbonyl (C=O) groups excluding carboxylic acids is 2. The molecule has 2 aromatic carbocycles. The Morgan fingerprint density at radius 2 is 1.61 bits per heavy atom. The Morgan fingerprint density at radius 3 is 2.14 bits per heavy atom. The number of nitrogens with one attached hydrogen (secondary N) is 1. The zero-order valence-corrected chi connectivity index (χ0v) is 22.6. The van der Waals surface area contributed by atoms with Gasteiger partial charge in [0.25, 0.3) is 0 Å². The molecular formula is C27H38FN3O4S. The van der Waals surface area contributed by atoms with E-state index in [1.807, 2.05) is 39.8 Å². The van der Waals surface area contributed by atoms with Crippen LogP contribution in [0.2, 0.25) is 0 Å². The molecule has 0 aromatic heterocycles. The van der Waals surface area contributed by atoms with Crippen LogP contribution in [0.15, 0.2) is 48.5 Å². The number of hydrogen-bond donors (Lipinski definition) is 1. The first-order chi connectivity index (χ1) is 17.0. The molecule has 7 nitrogen and oxygen atoms in total. The minimum atomic E-state index is -3.54. The minimum absolute atomic E-state index is 0.0350. The Balaban J connectivity index is 2.21. The molecule has 0 bridgehead atoms. The molecule has 0 aliphatic heterocycles. The number of rotatable bonds is 13. The van der Waals surface area contributed by atoms with E-state index >= 15 is 0 Å². The first-order valence-corrected chi connectivity index (χ1v) is 14.2. The highest BCUT2D eigenvalue weighted by molar-refractivity contribution is 7.92. The summed E-state index contributed by atoms with van der Waals surface area (Å²) in [4.78, 5) is 27.9. The first-order valence-electron chi connectivity index (χ1n) is 12.3. The number of benzene rings is 2. The number of hydrogen-bond acceptors (Lipinski definition) is 4. The van der Waals surface area contributed by atoms with Gasteiger partial charge < -0.3 is 10.2 Å². The van der Waals surface area contributed by atoms with Crippen LogP contribution in [0, 0.1) is 12.7 Å². The van der Waals surface area contributed by atoms with Crippen molar-refractivity contribution in [2.24, 2.45) is 0 Å². The lowest BCUT2D eigenvalue weighted by Gasteiger charge is -2.32. The number of sulfonamides is 1. The summed E-state index contributed by atoms with van der Waals surface area (Å²) in [6.45, 7) is 7.92. The van der Waals surface area contributed by atoms with Gasteiger partial charge >= 0.3 is 0 Å². The monoisotopic (exact) mass is 519 g/mol. The van der Waals surface area contributed by atoms with E-state index in [2.05, 4.69) is 5.32 Å². The van der Waals surface area contributed by atoms with Crippen molar-refractivity contribution < 1.29 is 22.4 Å². The molecule has 0 spiro atoms. The fraction of sp³-hybridized carbons (Fsp3) is 0.481. The van der Waals surface area contributed by atoms with Gasteiger partial charge in [0, 0.05) is 25.6 Å². The maximum atomic E-state index is 13.4. The van der Waals surface area contributed by atoms with Crippen molar-refractivity contribution in [3.05, 3.63) is 65.5 Å². The van der Waals surface area contributed by atoms with Crippen LogP contribution in [-0.4, -0.2) is 50.0 Å². The van der Waals surface area contributed by atoms with E-state index in [4.69, 9.17) is 0 Å². The molecule has 0 aliphatic carbocycles. The second-order valence-corrected chi connectivity index (χ2v) is 11.1. The van der Waals surface area contributed by atoms with Crippen LogP contribution >= 0.6 is 0 Å². The molecule has 2 rings (SSSR count). The number of aryl methyl sites for hydroxylation is 1. The smallest absolute Gasteiger partial charge is 0.243 e. The summed E-state index contributed by atoms with van der Waals surface area (Å²) in [6, 6.07) is 12.3. The topological polar surface area (TPSA) is 86.8 Å². The van der Waals surface area contributed by atoms with E-state index < -0.39 is 16.1 Å². The van der Waals surface area contributed by atoms with Crippen LogP contribution in [0.4, 0.5) is 10.1 Å². The van der Waals surface area contributed by atoms with Gasteiger partial charge in [0.05, 0.1) is 11.9 Å². The molecule has 0 aliphatic rings. The van der Waals surface area contributed by atoms with Gasteiger partial charge in [-0.25, -0.2) is 12.8 Å². The van der Waals surface area contributed by atoms with Gasteiger partial charge in [0.15, 0.2) is 0 Å². The molecule has 0 heterocycles. The van der Waals surface area contributed by atoms with Crippen molar-refractivity contribution in [2.45, 2.75) is 72.0 Å². The summed E-state index contributed by atoms with van der Waals surface area (Å²) in [5.74, 6) is -0.877. The fourth-order valence-electron chi connectivity index (χ4n) is 3.86. The molecule has 36 heavy (non-hydrogen) atoms. The van der Waals surface area contributed by atoms with Crippen molar-refractivity contribution >= 4 is 27.5 Å². The zero-order chi connectivity index (χ0) is 26.9. The second-order valence-electron chi connectivity index (χ2n) is 9.16. The lowest BCUT2D eigenvalue weighted by Crippen LogP contribution is -2.50. The fourth-order valence-corrected chi connectivity index (χ4v) is 4.83. The third-order valence-electron chi connectivity index (χ3n) is 6.13. The van der Waals surface area contributed by atoms with E-state index in [1.54, 1.807) is 24.3 Å². The van der Waals surface area contributed by atoms with Crippen LogP contribution in [0.5, 0.6) is 0 Å². The molecule has 0 unspecified atom stereocenters. The van der Waals surface area contributed by atoms with E-state index in [9.17, 15) is 22.4 Å². The zero-order valence-electron chi connectivity index (χ0n) is 21.8. The number of anilines is 1. The summed E-state index contributed by atoms with van der Waals surface area (Å²) in [6.07, 6.45) is 2.65. The second kappa shape index (κ2) is 13.4. The maximum absolute atomic E-state index is 13.4. The minimum Gasteiger partial charge on any atom is -0.352 e. The number of carbonyl (C=O) groups is 2. The van der Waals surface area contributed by atoms with Gasteiger partial charge in [0.1, 0.15) is 11.9 Å². The predicted molar refractivity (Wildman–Crippen MR) is 142 cm³/mol. The number of nitrogens with zero attached hydrogens (tertiary/aromatic N) is 2. The molecule has 198 valence electrons. The molecular weight excluding hydrogens is 481 g/mol. The average molecular weight is 520 g/mol. The van der Waals surface area contributed by atoms with Crippen LogP contribution in [0.25, 0.3) is 0 Å². The van der Waals surface area contributed by atoms with Crippen molar-refractivity contribution in [3.63, 3.8) is 0 Å². The summed E-state index contributed by atoms with van der Waals surface area (Å²) in [5.41, 5.74) is 2.26. The van der Waals surface area contributed by atoms with Crippen molar-refractivity contribution in [1.82, 2.24) is 10.2 Å². The van der Waals surface area contributed by atoms with E-state index in [0.29, 0.717) is 17.7 Å². The molecule has 0 radical (unpaired) electrons. The van der Waals surface area contributed by atoms with E-state index in [-0.39, 0.29) is 49.6 Å². The Morgan fingerprint density at radius 1 is 1.00 bits per heavy atom. The highest BCUT2D eigenvalue weighted by Crippen LogP contribution is 2.20. The van der Waals surface area contributed by atoms with Crippen LogP contribution < -0.4 is 9.62 Å². The SMILES string of the molecule is CC[C@@H](C)NC(=O)[C@@H](CC)N(Cc1ccc(F)cc1)C(=O)CCCN(c1ccc(C)cc1)S(C)(=O)=O. The van der Waals surface area contributed by atoms with Gasteiger partial charge in [-0.15, -0.1) is 0 Å². The van der Waals surface area contributed by atoms with Crippen LogP contribution in [0.1, 0.15) is 57.6 Å². The molecule has 2 atom stereocenters. The van der Waals surface area contributed by atoms with Gasteiger partial charge in [0.2, 0.25) is 21.8 Å². The largest absolute Gasteiger partial charge is 0.352 e. The molecule has 2 aromatic rings. The van der Waals surface area contributed by atoms with Gasteiger partial charge in [-0.3, -0.25) is 13.9 Å². The maximum Gasteiger partial charge on any atom is 0.243 e. The number of halogens is 1. The Kier molecular flexibility index (Phi) is 10.9. The number of amides is 2.